The van der Waals surface area contributed by atoms with Crippen LogP contribution in [-0.4, -0.2) is 37.1 Å². The quantitative estimate of drug-likeness (QED) is 0.832. The Balaban J connectivity index is 1.59. The molecule has 0 saturated carbocycles. The maximum Gasteiger partial charge on any atom is 0.254 e. The summed E-state index contributed by atoms with van der Waals surface area (Å²) in [6, 6.07) is 13.6. The number of halogens is 1. The molecule has 1 saturated heterocycles. The molecule has 1 aliphatic rings. The molecule has 0 aromatic heterocycles. The van der Waals surface area contributed by atoms with E-state index in [1.807, 2.05) is 23.1 Å². The third-order valence-electron chi connectivity index (χ3n) is 4.36. The zero-order chi connectivity index (χ0) is 17.6. The first-order valence-corrected chi connectivity index (χ1v) is 8.45. The molecule has 1 amide bonds. The number of nitrogens with zero attached hydrogens (tertiary/aromatic N) is 1. The first kappa shape index (κ1) is 17.4. The molecule has 0 N–H and O–H groups in total. The van der Waals surface area contributed by atoms with Crippen molar-refractivity contribution in [3.63, 3.8) is 0 Å². The van der Waals surface area contributed by atoms with Gasteiger partial charge < -0.3 is 14.4 Å². The van der Waals surface area contributed by atoms with Gasteiger partial charge in [0.15, 0.2) is 0 Å². The Hall–Kier alpha value is -2.40. The SMILES string of the molecule is COc1cccc(C(=O)N2CCC[C@H](OCc3cccc(F)c3)C2)c1. The molecule has 0 unspecified atom stereocenters. The van der Waals surface area contributed by atoms with Gasteiger partial charge in [0, 0.05) is 18.7 Å². The van der Waals surface area contributed by atoms with Crippen LogP contribution in [-0.2, 0) is 11.3 Å². The summed E-state index contributed by atoms with van der Waals surface area (Å²) in [4.78, 5) is 14.5. The Morgan fingerprint density at radius 2 is 2.08 bits per heavy atom. The van der Waals surface area contributed by atoms with Crippen molar-refractivity contribution in [2.75, 3.05) is 20.2 Å². The first-order chi connectivity index (χ1) is 12.2. The number of hydrogen-bond donors (Lipinski definition) is 0. The summed E-state index contributed by atoms with van der Waals surface area (Å²) in [6.45, 7) is 1.62. The molecule has 132 valence electrons. The second-order valence-electron chi connectivity index (χ2n) is 6.19. The zero-order valence-electron chi connectivity index (χ0n) is 14.3. The molecule has 1 fully saturated rings. The third-order valence-corrected chi connectivity index (χ3v) is 4.36. The number of benzene rings is 2. The van der Waals surface area contributed by atoms with Crippen molar-refractivity contribution in [3.05, 3.63) is 65.5 Å². The Bertz CT molecular complexity index is 734. The van der Waals surface area contributed by atoms with Crippen molar-refractivity contribution in [3.8, 4) is 5.75 Å². The van der Waals surface area contributed by atoms with Crippen LogP contribution >= 0.6 is 0 Å². The number of methoxy groups -OCH3 is 1. The predicted octanol–water partition coefficient (Wildman–Crippen LogP) is 3.66. The van der Waals surface area contributed by atoms with Crippen LogP contribution in [0, 0.1) is 5.82 Å². The summed E-state index contributed by atoms with van der Waals surface area (Å²) >= 11 is 0. The van der Waals surface area contributed by atoms with Crippen LogP contribution in [0.15, 0.2) is 48.5 Å². The topological polar surface area (TPSA) is 38.8 Å². The van der Waals surface area contributed by atoms with Crippen LogP contribution in [0.1, 0.15) is 28.8 Å². The monoisotopic (exact) mass is 343 g/mol. The minimum absolute atomic E-state index is 0.0158. The van der Waals surface area contributed by atoms with Crippen molar-refractivity contribution in [2.45, 2.75) is 25.6 Å². The van der Waals surface area contributed by atoms with E-state index in [9.17, 15) is 9.18 Å². The molecule has 25 heavy (non-hydrogen) atoms. The highest BCUT2D eigenvalue weighted by Gasteiger charge is 2.25. The van der Waals surface area contributed by atoms with Crippen LogP contribution in [0.4, 0.5) is 4.39 Å². The molecule has 4 nitrogen and oxygen atoms in total. The lowest BCUT2D eigenvalue weighted by Gasteiger charge is -2.32. The van der Waals surface area contributed by atoms with Gasteiger partial charge in [-0.15, -0.1) is 0 Å². The van der Waals surface area contributed by atoms with Crippen molar-refractivity contribution in [1.29, 1.82) is 0 Å². The molecule has 2 aromatic rings. The molecular formula is C20H22FNO3. The number of carbonyl (C=O) groups is 1. The fraction of sp³-hybridized carbons (Fsp3) is 0.350. The Labute approximate surface area is 147 Å². The largest absolute Gasteiger partial charge is 0.497 e. The second kappa shape index (κ2) is 8.12. The molecule has 1 atom stereocenters. The van der Waals surface area contributed by atoms with E-state index in [2.05, 4.69) is 0 Å². The van der Waals surface area contributed by atoms with E-state index in [0.29, 0.717) is 24.5 Å². The standard InChI is InChI=1S/C20H22FNO3/c1-24-18-8-3-6-16(12-18)20(23)22-10-4-9-19(13-22)25-14-15-5-2-7-17(21)11-15/h2-3,5-8,11-12,19H,4,9-10,13-14H2,1H3/t19-/m0/s1. The van der Waals surface area contributed by atoms with Crippen LogP contribution in [0.2, 0.25) is 0 Å². The maximum atomic E-state index is 13.2. The van der Waals surface area contributed by atoms with Crippen molar-refractivity contribution in [1.82, 2.24) is 4.90 Å². The van der Waals surface area contributed by atoms with Crippen LogP contribution in [0.3, 0.4) is 0 Å². The van der Waals surface area contributed by atoms with E-state index in [1.165, 1.54) is 12.1 Å². The molecule has 1 heterocycles. The summed E-state index contributed by atoms with van der Waals surface area (Å²) in [5, 5.41) is 0. The fourth-order valence-electron chi connectivity index (χ4n) is 3.04. The number of carbonyl (C=O) groups excluding carboxylic acids is 1. The number of hydrogen-bond acceptors (Lipinski definition) is 3. The second-order valence-corrected chi connectivity index (χ2v) is 6.19. The van der Waals surface area contributed by atoms with Crippen LogP contribution < -0.4 is 4.74 Å². The van der Waals surface area contributed by atoms with Crippen molar-refractivity contribution in [2.24, 2.45) is 0 Å². The van der Waals surface area contributed by atoms with Gasteiger partial charge in [0.2, 0.25) is 0 Å². The van der Waals surface area contributed by atoms with E-state index < -0.39 is 0 Å². The van der Waals surface area contributed by atoms with E-state index in [1.54, 1.807) is 25.3 Å². The van der Waals surface area contributed by atoms with E-state index in [0.717, 1.165) is 24.9 Å². The summed E-state index contributed by atoms with van der Waals surface area (Å²) in [5.74, 6) is 0.388. The summed E-state index contributed by atoms with van der Waals surface area (Å²) in [7, 11) is 1.58. The predicted molar refractivity (Wildman–Crippen MR) is 93.1 cm³/mol. The molecule has 0 aliphatic carbocycles. The molecule has 2 aromatic carbocycles. The molecule has 0 spiro atoms. The summed E-state index contributed by atoms with van der Waals surface area (Å²) < 4.78 is 24.3. The van der Waals surface area contributed by atoms with Gasteiger partial charge in [0.1, 0.15) is 11.6 Å². The molecule has 0 radical (unpaired) electrons. The summed E-state index contributed by atoms with van der Waals surface area (Å²) in [5.41, 5.74) is 1.42. The number of rotatable bonds is 5. The highest BCUT2D eigenvalue weighted by molar-refractivity contribution is 5.94. The lowest BCUT2D eigenvalue weighted by Crippen LogP contribution is -2.43. The Kier molecular flexibility index (Phi) is 5.66. The number of ether oxygens (including phenoxy) is 2. The van der Waals surface area contributed by atoms with Gasteiger partial charge in [-0.3, -0.25) is 4.79 Å². The van der Waals surface area contributed by atoms with E-state index in [-0.39, 0.29) is 17.8 Å². The lowest BCUT2D eigenvalue weighted by molar-refractivity contribution is -0.00679. The first-order valence-electron chi connectivity index (χ1n) is 8.45. The number of amides is 1. The molecule has 5 heteroatoms. The van der Waals surface area contributed by atoms with Gasteiger partial charge in [0.05, 0.1) is 19.8 Å². The average Bonchev–Trinajstić information content (AvgIpc) is 2.66. The average molecular weight is 343 g/mol. The van der Waals surface area contributed by atoms with E-state index in [4.69, 9.17) is 9.47 Å². The number of piperidine rings is 1. The van der Waals surface area contributed by atoms with Crippen molar-refractivity contribution >= 4 is 5.91 Å². The lowest BCUT2D eigenvalue weighted by atomic mass is 10.1. The third kappa shape index (κ3) is 4.57. The maximum absolute atomic E-state index is 13.2. The van der Waals surface area contributed by atoms with Gasteiger partial charge >= 0.3 is 0 Å². The minimum Gasteiger partial charge on any atom is -0.497 e. The normalized spacial score (nSPS) is 17.4. The Morgan fingerprint density at radius 3 is 2.88 bits per heavy atom. The van der Waals surface area contributed by atoms with Gasteiger partial charge in [0.25, 0.3) is 5.91 Å². The zero-order valence-corrected chi connectivity index (χ0v) is 14.3. The van der Waals surface area contributed by atoms with Crippen LogP contribution in [0.25, 0.3) is 0 Å². The molecule has 0 bridgehead atoms. The van der Waals surface area contributed by atoms with Gasteiger partial charge in [-0.1, -0.05) is 18.2 Å². The molecule has 1 aliphatic heterocycles. The fourth-order valence-corrected chi connectivity index (χ4v) is 3.04. The Morgan fingerprint density at radius 1 is 1.24 bits per heavy atom. The van der Waals surface area contributed by atoms with Crippen LogP contribution in [0.5, 0.6) is 5.75 Å². The smallest absolute Gasteiger partial charge is 0.254 e. The number of likely N-dealkylation sites (tertiary alicyclic amines) is 1. The van der Waals surface area contributed by atoms with Gasteiger partial charge in [-0.05, 0) is 48.7 Å². The van der Waals surface area contributed by atoms with Crippen molar-refractivity contribution < 1.29 is 18.7 Å². The highest BCUT2D eigenvalue weighted by atomic mass is 19.1. The minimum atomic E-state index is -0.264. The summed E-state index contributed by atoms with van der Waals surface area (Å²) in [6.07, 6.45) is 1.76. The molecule has 3 rings (SSSR count). The van der Waals surface area contributed by atoms with E-state index >= 15 is 0 Å². The highest BCUT2D eigenvalue weighted by Crippen LogP contribution is 2.20. The van der Waals surface area contributed by atoms with Gasteiger partial charge in [-0.2, -0.15) is 0 Å². The molecular weight excluding hydrogens is 321 g/mol. The van der Waals surface area contributed by atoms with Gasteiger partial charge in [-0.25, -0.2) is 4.39 Å².